The highest BCUT2D eigenvalue weighted by atomic mass is 16.2. The van der Waals surface area contributed by atoms with Gasteiger partial charge >= 0.3 is 0 Å². The molecule has 0 radical (unpaired) electrons. The van der Waals surface area contributed by atoms with Crippen LogP contribution in [0.5, 0.6) is 0 Å². The number of nitrogens with zero attached hydrogens (tertiary/aromatic N) is 1. The molecule has 3 nitrogen and oxygen atoms in total. The first-order valence-electron chi connectivity index (χ1n) is 7.41. The van der Waals surface area contributed by atoms with Crippen LogP contribution in [0.2, 0.25) is 0 Å². The molecular formula is C17H22N2O. The van der Waals surface area contributed by atoms with E-state index in [9.17, 15) is 4.79 Å². The SMILES string of the molecule is CC(C)CCC[C@@H]1C[C@H]1C(=O)Nc1ccccc1C#N. The first-order chi connectivity index (χ1) is 9.61. The Morgan fingerprint density at radius 1 is 1.45 bits per heavy atom. The van der Waals surface area contributed by atoms with Gasteiger partial charge in [0, 0.05) is 5.92 Å². The summed E-state index contributed by atoms with van der Waals surface area (Å²) in [6.07, 6.45) is 4.60. The minimum absolute atomic E-state index is 0.0715. The third-order valence-corrected chi connectivity index (χ3v) is 3.92. The lowest BCUT2D eigenvalue weighted by Gasteiger charge is -2.07. The van der Waals surface area contributed by atoms with E-state index in [0.29, 0.717) is 17.2 Å². The fraction of sp³-hybridized carbons (Fsp3) is 0.529. The quantitative estimate of drug-likeness (QED) is 0.850. The number of benzene rings is 1. The molecule has 1 amide bonds. The molecule has 2 atom stereocenters. The van der Waals surface area contributed by atoms with Crippen molar-refractivity contribution in [2.75, 3.05) is 5.32 Å². The average molecular weight is 270 g/mol. The molecule has 3 heteroatoms. The predicted molar refractivity (Wildman–Crippen MR) is 80.1 cm³/mol. The fourth-order valence-corrected chi connectivity index (χ4v) is 2.59. The summed E-state index contributed by atoms with van der Waals surface area (Å²) in [5, 5.41) is 11.9. The highest BCUT2D eigenvalue weighted by molar-refractivity contribution is 5.95. The van der Waals surface area contributed by atoms with E-state index >= 15 is 0 Å². The molecular weight excluding hydrogens is 248 g/mol. The van der Waals surface area contributed by atoms with Crippen LogP contribution in [0.1, 0.15) is 45.1 Å². The zero-order chi connectivity index (χ0) is 14.5. The second-order valence-corrected chi connectivity index (χ2v) is 6.07. The van der Waals surface area contributed by atoms with Gasteiger partial charge < -0.3 is 5.32 Å². The Morgan fingerprint density at radius 3 is 2.90 bits per heavy atom. The van der Waals surface area contributed by atoms with E-state index in [1.54, 1.807) is 18.2 Å². The topological polar surface area (TPSA) is 52.9 Å². The van der Waals surface area contributed by atoms with Crippen molar-refractivity contribution in [3.8, 4) is 6.07 Å². The van der Waals surface area contributed by atoms with Gasteiger partial charge in [0.2, 0.25) is 5.91 Å². The number of hydrogen-bond donors (Lipinski definition) is 1. The number of nitrogens with one attached hydrogen (secondary N) is 1. The second-order valence-electron chi connectivity index (χ2n) is 6.07. The van der Waals surface area contributed by atoms with Crippen molar-refractivity contribution in [2.45, 2.75) is 39.5 Å². The van der Waals surface area contributed by atoms with E-state index < -0.39 is 0 Å². The number of amides is 1. The summed E-state index contributed by atoms with van der Waals surface area (Å²) in [6, 6.07) is 9.26. The zero-order valence-electron chi connectivity index (χ0n) is 12.2. The van der Waals surface area contributed by atoms with Crippen molar-refractivity contribution in [2.24, 2.45) is 17.8 Å². The number of hydrogen-bond acceptors (Lipinski definition) is 2. The van der Waals surface area contributed by atoms with E-state index in [0.717, 1.165) is 18.8 Å². The van der Waals surface area contributed by atoms with Crippen molar-refractivity contribution >= 4 is 11.6 Å². The van der Waals surface area contributed by atoms with Crippen LogP contribution in [-0.4, -0.2) is 5.91 Å². The predicted octanol–water partition coefficient (Wildman–Crippen LogP) is 3.96. The van der Waals surface area contributed by atoms with Crippen LogP contribution in [0.15, 0.2) is 24.3 Å². The molecule has 106 valence electrons. The third kappa shape index (κ3) is 3.84. The van der Waals surface area contributed by atoms with Crippen molar-refractivity contribution in [1.82, 2.24) is 0 Å². The number of carbonyl (C=O) groups is 1. The van der Waals surface area contributed by atoms with Crippen molar-refractivity contribution in [3.05, 3.63) is 29.8 Å². The largest absolute Gasteiger partial charge is 0.325 e. The normalized spacial score (nSPS) is 20.5. The minimum Gasteiger partial charge on any atom is -0.325 e. The van der Waals surface area contributed by atoms with Gasteiger partial charge in [-0.25, -0.2) is 0 Å². The van der Waals surface area contributed by atoms with Gasteiger partial charge in [0.15, 0.2) is 0 Å². The minimum atomic E-state index is 0.0715. The molecule has 1 aliphatic rings. The molecule has 0 aliphatic heterocycles. The van der Waals surface area contributed by atoms with Gasteiger partial charge in [-0.2, -0.15) is 5.26 Å². The van der Waals surface area contributed by atoms with Gasteiger partial charge in [0.1, 0.15) is 6.07 Å². The van der Waals surface area contributed by atoms with Gasteiger partial charge in [0.25, 0.3) is 0 Å². The molecule has 0 unspecified atom stereocenters. The summed E-state index contributed by atoms with van der Waals surface area (Å²) in [5.41, 5.74) is 1.16. The Labute approximate surface area is 121 Å². The van der Waals surface area contributed by atoms with Gasteiger partial charge in [-0.15, -0.1) is 0 Å². The van der Waals surface area contributed by atoms with E-state index in [2.05, 4.69) is 25.2 Å². The van der Waals surface area contributed by atoms with E-state index in [1.165, 1.54) is 12.8 Å². The number of carbonyl (C=O) groups excluding carboxylic acids is 1. The molecule has 0 aromatic heterocycles. The Morgan fingerprint density at radius 2 is 2.20 bits per heavy atom. The molecule has 1 fully saturated rings. The lowest BCUT2D eigenvalue weighted by atomic mass is 10.0. The summed E-state index contributed by atoms with van der Waals surface area (Å²) in [5.74, 6) is 1.50. The maximum Gasteiger partial charge on any atom is 0.227 e. The Kier molecular flexibility index (Phi) is 4.79. The third-order valence-electron chi connectivity index (χ3n) is 3.92. The Balaban J connectivity index is 1.81. The van der Waals surface area contributed by atoms with Crippen LogP contribution >= 0.6 is 0 Å². The van der Waals surface area contributed by atoms with Crippen molar-refractivity contribution in [1.29, 1.82) is 5.26 Å². The number of nitriles is 1. The zero-order valence-corrected chi connectivity index (χ0v) is 12.2. The van der Waals surface area contributed by atoms with Crippen LogP contribution in [0.3, 0.4) is 0 Å². The summed E-state index contributed by atoms with van der Waals surface area (Å²) in [6.45, 7) is 4.46. The molecule has 1 aromatic carbocycles. The molecule has 0 heterocycles. The van der Waals surface area contributed by atoms with Crippen LogP contribution in [-0.2, 0) is 4.79 Å². The van der Waals surface area contributed by atoms with E-state index in [1.807, 2.05) is 6.07 Å². The van der Waals surface area contributed by atoms with Crippen LogP contribution in [0.25, 0.3) is 0 Å². The molecule has 1 aliphatic carbocycles. The lowest BCUT2D eigenvalue weighted by molar-refractivity contribution is -0.117. The maximum atomic E-state index is 12.1. The van der Waals surface area contributed by atoms with E-state index in [-0.39, 0.29) is 11.8 Å². The van der Waals surface area contributed by atoms with Gasteiger partial charge in [0.05, 0.1) is 11.3 Å². The van der Waals surface area contributed by atoms with Crippen molar-refractivity contribution < 1.29 is 4.79 Å². The fourth-order valence-electron chi connectivity index (χ4n) is 2.59. The Bertz CT molecular complexity index is 516. The summed E-state index contributed by atoms with van der Waals surface area (Å²) >= 11 is 0. The molecule has 1 saturated carbocycles. The number of rotatable bonds is 6. The summed E-state index contributed by atoms with van der Waals surface area (Å²) in [7, 11) is 0. The standard InChI is InChI=1S/C17H22N2O/c1-12(2)6-5-8-13-10-15(13)17(20)19-16-9-4-3-7-14(16)11-18/h3-4,7,9,12-13,15H,5-6,8,10H2,1-2H3,(H,19,20)/t13-,15-/m1/s1. The summed E-state index contributed by atoms with van der Waals surface area (Å²) < 4.78 is 0. The molecule has 2 rings (SSSR count). The monoisotopic (exact) mass is 270 g/mol. The number of para-hydroxylation sites is 1. The highest BCUT2D eigenvalue weighted by Gasteiger charge is 2.42. The van der Waals surface area contributed by atoms with Crippen molar-refractivity contribution in [3.63, 3.8) is 0 Å². The van der Waals surface area contributed by atoms with Crippen LogP contribution in [0, 0.1) is 29.1 Å². The first kappa shape index (κ1) is 14.6. The summed E-state index contributed by atoms with van der Waals surface area (Å²) in [4.78, 5) is 12.1. The van der Waals surface area contributed by atoms with Gasteiger partial charge in [-0.05, 0) is 36.8 Å². The lowest BCUT2D eigenvalue weighted by Crippen LogP contribution is -2.15. The average Bonchev–Trinajstić information content (AvgIpc) is 3.18. The van der Waals surface area contributed by atoms with Crippen LogP contribution in [0.4, 0.5) is 5.69 Å². The Hall–Kier alpha value is -1.82. The van der Waals surface area contributed by atoms with Crippen LogP contribution < -0.4 is 5.32 Å². The highest BCUT2D eigenvalue weighted by Crippen LogP contribution is 2.43. The molecule has 0 spiro atoms. The maximum absolute atomic E-state index is 12.1. The second kappa shape index (κ2) is 6.56. The van der Waals surface area contributed by atoms with E-state index in [4.69, 9.17) is 5.26 Å². The number of anilines is 1. The molecule has 0 bridgehead atoms. The van der Waals surface area contributed by atoms with Gasteiger partial charge in [-0.1, -0.05) is 38.8 Å². The molecule has 20 heavy (non-hydrogen) atoms. The van der Waals surface area contributed by atoms with Gasteiger partial charge in [-0.3, -0.25) is 4.79 Å². The first-order valence-corrected chi connectivity index (χ1v) is 7.41. The molecule has 1 aromatic rings. The molecule has 1 N–H and O–H groups in total. The smallest absolute Gasteiger partial charge is 0.227 e. The molecule has 0 saturated heterocycles.